The summed E-state index contributed by atoms with van der Waals surface area (Å²) in [4.78, 5) is 3.97. The van der Waals surface area contributed by atoms with Crippen LogP contribution in [-0.2, 0) is 16.6 Å². The van der Waals surface area contributed by atoms with Crippen LogP contribution in [0.5, 0.6) is 0 Å². The number of hydrogen-bond acceptors (Lipinski definition) is 6. The zero-order chi connectivity index (χ0) is 14.8. The second-order valence-electron chi connectivity index (χ2n) is 4.31. The van der Waals surface area contributed by atoms with Crippen LogP contribution in [0.3, 0.4) is 0 Å². The van der Waals surface area contributed by atoms with E-state index in [1.807, 2.05) is 13.0 Å². The predicted molar refractivity (Wildman–Crippen MR) is 74.4 cm³/mol. The quantitative estimate of drug-likeness (QED) is 0.860. The molecule has 106 valence electrons. The molecule has 0 aliphatic carbocycles. The van der Waals surface area contributed by atoms with E-state index >= 15 is 0 Å². The van der Waals surface area contributed by atoms with Gasteiger partial charge >= 0.3 is 0 Å². The fourth-order valence-corrected chi connectivity index (χ4v) is 3.08. The van der Waals surface area contributed by atoms with Crippen LogP contribution in [0.15, 0.2) is 29.4 Å². The fourth-order valence-electron chi connectivity index (χ4n) is 1.77. The first-order valence-electron chi connectivity index (χ1n) is 5.91. The Morgan fingerprint density at radius 3 is 2.60 bits per heavy atom. The molecule has 0 atom stereocenters. The molecule has 1 aromatic carbocycles. The summed E-state index contributed by atoms with van der Waals surface area (Å²) in [7, 11) is -3.77. The monoisotopic (exact) mass is 293 g/mol. The second kappa shape index (κ2) is 5.51. The van der Waals surface area contributed by atoms with E-state index < -0.39 is 10.0 Å². The first kappa shape index (κ1) is 14.4. The summed E-state index contributed by atoms with van der Waals surface area (Å²) < 4.78 is 27.1. The number of anilines is 1. The minimum Gasteiger partial charge on any atom is -0.326 e. The van der Waals surface area contributed by atoms with Gasteiger partial charge in [-0.3, -0.25) is 0 Å². The van der Waals surface area contributed by atoms with E-state index in [2.05, 4.69) is 19.9 Å². The number of nitrogens with two attached hydrogens (primary N) is 1. The third-order valence-electron chi connectivity index (χ3n) is 2.91. The standard InChI is InChI=1S/C12H15N5O2S/c1-8-5-10(7-13)6-11(9(8)2)20(18,19)17-12-14-3-4-15-16-12/h3-6H,7,13H2,1-2H3,(H,14,16,17). The molecule has 0 saturated carbocycles. The number of hydrogen-bond donors (Lipinski definition) is 2. The molecule has 0 spiro atoms. The maximum atomic E-state index is 12.4. The third kappa shape index (κ3) is 2.91. The van der Waals surface area contributed by atoms with Crippen LogP contribution >= 0.6 is 0 Å². The van der Waals surface area contributed by atoms with Gasteiger partial charge in [0.1, 0.15) is 0 Å². The van der Waals surface area contributed by atoms with Gasteiger partial charge in [0.2, 0.25) is 0 Å². The average molecular weight is 293 g/mol. The Hall–Kier alpha value is -2.06. The zero-order valence-corrected chi connectivity index (χ0v) is 12.0. The first-order valence-corrected chi connectivity index (χ1v) is 7.39. The highest BCUT2D eigenvalue weighted by Gasteiger charge is 2.20. The van der Waals surface area contributed by atoms with Gasteiger partial charge in [-0.15, -0.1) is 5.10 Å². The second-order valence-corrected chi connectivity index (χ2v) is 5.96. The van der Waals surface area contributed by atoms with E-state index in [1.54, 1.807) is 13.0 Å². The summed E-state index contributed by atoms with van der Waals surface area (Å²) in [5, 5.41) is 7.18. The molecule has 20 heavy (non-hydrogen) atoms. The van der Waals surface area contributed by atoms with E-state index in [1.165, 1.54) is 12.4 Å². The molecule has 2 rings (SSSR count). The molecule has 3 N–H and O–H groups in total. The van der Waals surface area contributed by atoms with Crippen molar-refractivity contribution in [2.75, 3.05) is 4.72 Å². The van der Waals surface area contributed by atoms with Crippen LogP contribution in [0.4, 0.5) is 5.95 Å². The van der Waals surface area contributed by atoms with Gasteiger partial charge in [-0.05, 0) is 36.6 Å². The maximum Gasteiger partial charge on any atom is 0.264 e. The lowest BCUT2D eigenvalue weighted by Gasteiger charge is -2.12. The lowest BCUT2D eigenvalue weighted by molar-refractivity contribution is 0.599. The average Bonchev–Trinajstić information content (AvgIpc) is 2.42. The van der Waals surface area contributed by atoms with Gasteiger partial charge < -0.3 is 5.73 Å². The Kier molecular flexibility index (Phi) is 3.96. The minimum atomic E-state index is -3.77. The van der Waals surface area contributed by atoms with E-state index in [-0.39, 0.29) is 17.4 Å². The Balaban J connectivity index is 2.47. The van der Waals surface area contributed by atoms with E-state index in [9.17, 15) is 8.42 Å². The van der Waals surface area contributed by atoms with Crippen LogP contribution < -0.4 is 10.5 Å². The molecule has 1 heterocycles. The molecule has 0 bridgehead atoms. The number of aromatic nitrogens is 3. The van der Waals surface area contributed by atoms with Gasteiger partial charge in [0.15, 0.2) is 0 Å². The highest BCUT2D eigenvalue weighted by Crippen LogP contribution is 2.22. The molecule has 0 saturated heterocycles. The Labute approximate surface area is 117 Å². The Morgan fingerprint density at radius 1 is 1.25 bits per heavy atom. The summed E-state index contributed by atoms with van der Waals surface area (Å²) >= 11 is 0. The van der Waals surface area contributed by atoms with Crippen LogP contribution in [0.2, 0.25) is 0 Å². The largest absolute Gasteiger partial charge is 0.326 e. The highest BCUT2D eigenvalue weighted by atomic mass is 32.2. The van der Waals surface area contributed by atoms with E-state index in [0.717, 1.165) is 11.1 Å². The minimum absolute atomic E-state index is 0.0669. The van der Waals surface area contributed by atoms with Gasteiger partial charge in [-0.1, -0.05) is 6.07 Å². The van der Waals surface area contributed by atoms with Crippen LogP contribution in [0, 0.1) is 13.8 Å². The molecule has 2 aromatic rings. The molecular formula is C12H15N5O2S. The Bertz CT molecular complexity index is 716. The van der Waals surface area contributed by atoms with Crippen molar-refractivity contribution in [2.24, 2.45) is 5.73 Å². The third-order valence-corrected chi connectivity index (χ3v) is 4.37. The van der Waals surface area contributed by atoms with Crippen molar-refractivity contribution in [3.05, 3.63) is 41.2 Å². The zero-order valence-electron chi connectivity index (χ0n) is 11.2. The Morgan fingerprint density at radius 2 is 2.00 bits per heavy atom. The molecule has 0 amide bonds. The summed E-state index contributed by atoms with van der Waals surface area (Å²) in [5.74, 6) is -0.0669. The predicted octanol–water partition coefficient (Wildman–Crippen LogP) is 0.748. The summed E-state index contributed by atoms with van der Waals surface area (Å²) in [6.07, 6.45) is 2.72. The number of aryl methyl sites for hydroxylation is 1. The fraction of sp³-hybridized carbons (Fsp3) is 0.250. The number of rotatable bonds is 4. The normalized spacial score (nSPS) is 11.3. The van der Waals surface area contributed by atoms with Gasteiger partial charge in [-0.25, -0.2) is 18.1 Å². The van der Waals surface area contributed by atoms with Crippen molar-refractivity contribution < 1.29 is 8.42 Å². The molecule has 7 nitrogen and oxygen atoms in total. The summed E-state index contributed by atoms with van der Waals surface area (Å²) in [6, 6.07) is 3.43. The van der Waals surface area contributed by atoms with Gasteiger partial charge in [0.25, 0.3) is 16.0 Å². The van der Waals surface area contributed by atoms with Crippen LogP contribution in [-0.4, -0.2) is 23.6 Å². The summed E-state index contributed by atoms with van der Waals surface area (Å²) in [6.45, 7) is 3.86. The van der Waals surface area contributed by atoms with Gasteiger partial charge in [-0.2, -0.15) is 5.10 Å². The lowest BCUT2D eigenvalue weighted by atomic mass is 10.1. The van der Waals surface area contributed by atoms with Crippen molar-refractivity contribution in [1.82, 2.24) is 15.2 Å². The first-order chi connectivity index (χ1) is 9.44. The van der Waals surface area contributed by atoms with E-state index in [0.29, 0.717) is 5.56 Å². The lowest BCUT2D eigenvalue weighted by Crippen LogP contribution is -2.17. The van der Waals surface area contributed by atoms with Crippen molar-refractivity contribution >= 4 is 16.0 Å². The summed E-state index contributed by atoms with van der Waals surface area (Å²) in [5.41, 5.74) is 7.86. The number of sulfonamides is 1. The van der Waals surface area contributed by atoms with E-state index in [4.69, 9.17) is 5.73 Å². The number of nitrogens with one attached hydrogen (secondary N) is 1. The molecule has 0 aliphatic heterocycles. The smallest absolute Gasteiger partial charge is 0.264 e. The molecule has 0 unspecified atom stereocenters. The molecule has 0 radical (unpaired) electrons. The molecule has 8 heteroatoms. The number of benzene rings is 1. The topological polar surface area (TPSA) is 111 Å². The van der Waals surface area contributed by atoms with Crippen LogP contribution in [0.1, 0.15) is 16.7 Å². The van der Waals surface area contributed by atoms with Gasteiger partial charge in [0, 0.05) is 6.54 Å². The SMILES string of the molecule is Cc1cc(CN)cc(S(=O)(=O)Nc2nccnn2)c1C. The molecule has 1 aromatic heterocycles. The van der Waals surface area contributed by atoms with Crippen molar-refractivity contribution in [1.29, 1.82) is 0 Å². The van der Waals surface area contributed by atoms with Crippen molar-refractivity contribution in [2.45, 2.75) is 25.3 Å². The molecule has 0 fully saturated rings. The van der Waals surface area contributed by atoms with Crippen molar-refractivity contribution in [3.63, 3.8) is 0 Å². The molecule has 0 aliphatic rings. The number of nitrogens with zero attached hydrogens (tertiary/aromatic N) is 3. The maximum absolute atomic E-state index is 12.4. The van der Waals surface area contributed by atoms with Crippen LogP contribution in [0.25, 0.3) is 0 Å². The highest BCUT2D eigenvalue weighted by molar-refractivity contribution is 7.92. The molecular weight excluding hydrogens is 278 g/mol. The van der Waals surface area contributed by atoms with Gasteiger partial charge in [0.05, 0.1) is 17.3 Å². The van der Waals surface area contributed by atoms with Crippen molar-refractivity contribution in [3.8, 4) is 0 Å².